The molecule has 0 unspecified atom stereocenters. The monoisotopic (exact) mass is 380 g/mol. The predicted octanol–water partition coefficient (Wildman–Crippen LogP) is 3.71. The lowest BCUT2D eigenvalue weighted by atomic mass is 10.3. The number of aromatic nitrogens is 2. The lowest BCUT2D eigenvalue weighted by Crippen LogP contribution is -2.01. The van der Waals surface area contributed by atoms with E-state index in [0.717, 1.165) is 9.26 Å². The zero-order valence-electron chi connectivity index (χ0n) is 8.42. The third-order valence-corrected chi connectivity index (χ3v) is 3.15. The second-order valence-electron chi connectivity index (χ2n) is 3.19. The molecule has 0 saturated heterocycles. The molecule has 0 bridgehead atoms. The molecule has 0 spiro atoms. The number of rotatable bonds is 2. The molecule has 1 aromatic carbocycles. The summed E-state index contributed by atoms with van der Waals surface area (Å²) < 4.78 is 1.05. The van der Waals surface area contributed by atoms with E-state index in [-0.39, 0.29) is 5.28 Å². The van der Waals surface area contributed by atoms with Crippen LogP contribution in [0.4, 0.5) is 17.2 Å². The molecule has 2 rings (SSSR count). The van der Waals surface area contributed by atoms with Gasteiger partial charge in [0.15, 0.2) is 5.82 Å². The highest BCUT2D eigenvalue weighted by Gasteiger charge is 2.06. The number of anilines is 3. The number of nitrogen functional groups attached to an aromatic ring is 1. The van der Waals surface area contributed by atoms with Gasteiger partial charge in [0.1, 0.15) is 0 Å². The van der Waals surface area contributed by atoms with Crippen LogP contribution in [0.5, 0.6) is 0 Å². The summed E-state index contributed by atoms with van der Waals surface area (Å²) in [7, 11) is 0. The molecule has 1 aromatic heterocycles. The van der Waals surface area contributed by atoms with Crippen LogP contribution in [0, 0.1) is 3.57 Å². The van der Waals surface area contributed by atoms with Crippen molar-refractivity contribution in [1.82, 2.24) is 9.97 Å². The molecule has 7 heteroatoms. The number of nitrogens with zero attached hydrogens (tertiary/aromatic N) is 2. The Labute approximate surface area is 122 Å². The number of nitrogens with two attached hydrogens (primary N) is 1. The number of hydrogen-bond donors (Lipinski definition) is 2. The molecular weight excluding hydrogens is 374 g/mol. The van der Waals surface area contributed by atoms with E-state index < -0.39 is 0 Å². The highest BCUT2D eigenvalue weighted by molar-refractivity contribution is 14.1. The van der Waals surface area contributed by atoms with Gasteiger partial charge in [0, 0.05) is 3.57 Å². The first-order valence-electron chi connectivity index (χ1n) is 4.56. The Bertz CT molecular complexity index is 512. The van der Waals surface area contributed by atoms with Gasteiger partial charge in [-0.2, -0.15) is 4.98 Å². The van der Waals surface area contributed by atoms with Gasteiger partial charge in [0.2, 0.25) is 5.28 Å². The minimum atomic E-state index is 0.128. The fraction of sp³-hybridized carbons (Fsp3) is 0. The maximum absolute atomic E-state index is 6.06. The Balaban J connectivity index is 2.37. The minimum Gasteiger partial charge on any atom is -0.394 e. The van der Waals surface area contributed by atoms with Gasteiger partial charge in [-0.3, -0.25) is 0 Å². The van der Waals surface area contributed by atoms with E-state index in [4.69, 9.17) is 28.9 Å². The zero-order valence-corrected chi connectivity index (χ0v) is 12.1. The SMILES string of the molecule is Nc1cnc(Cl)nc1Nc1cc(I)ccc1Cl. The summed E-state index contributed by atoms with van der Waals surface area (Å²) in [5, 5.41) is 3.74. The van der Waals surface area contributed by atoms with E-state index in [1.165, 1.54) is 6.20 Å². The first kappa shape index (κ1) is 12.7. The van der Waals surface area contributed by atoms with Crippen LogP contribution in [-0.4, -0.2) is 9.97 Å². The summed E-state index contributed by atoms with van der Waals surface area (Å²) in [4.78, 5) is 7.77. The molecule has 0 saturated carbocycles. The first-order valence-corrected chi connectivity index (χ1v) is 6.40. The van der Waals surface area contributed by atoms with Gasteiger partial charge >= 0.3 is 0 Å². The van der Waals surface area contributed by atoms with E-state index in [1.807, 2.05) is 12.1 Å². The molecule has 0 aliphatic rings. The molecular formula is C10H7Cl2IN4. The molecule has 0 atom stereocenters. The van der Waals surface area contributed by atoms with Crippen molar-refractivity contribution in [3.05, 3.63) is 38.3 Å². The molecule has 2 aromatic rings. The molecule has 0 aliphatic carbocycles. The first-order chi connectivity index (χ1) is 8.06. The standard InChI is InChI=1S/C10H7Cl2IN4/c11-6-2-1-5(13)3-8(6)16-9-7(14)4-15-10(12)17-9/h1-4H,14H2,(H,15,16,17). The zero-order chi connectivity index (χ0) is 12.4. The maximum atomic E-state index is 6.06. The van der Waals surface area contributed by atoms with Crippen LogP contribution in [0.2, 0.25) is 10.3 Å². The summed E-state index contributed by atoms with van der Waals surface area (Å²) in [5.74, 6) is 0.439. The van der Waals surface area contributed by atoms with Gasteiger partial charge in [-0.1, -0.05) is 11.6 Å². The maximum Gasteiger partial charge on any atom is 0.224 e. The van der Waals surface area contributed by atoms with Crippen LogP contribution < -0.4 is 11.1 Å². The minimum absolute atomic E-state index is 0.128. The molecule has 3 N–H and O–H groups in total. The van der Waals surface area contributed by atoms with Crippen LogP contribution in [0.1, 0.15) is 0 Å². The lowest BCUT2D eigenvalue weighted by Gasteiger charge is -2.09. The predicted molar refractivity (Wildman–Crippen MR) is 78.9 cm³/mol. The van der Waals surface area contributed by atoms with E-state index in [9.17, 15) is 0 Å². The van der Waals surface area contributed by atoms with E-state index in [1.54, 1.807) is 6.07 Å². The van der Waals surface area contributed by atoms with Crippen LogP contribution >= 0.6 is 45.8 Å². The van der Waals surface area contributed by atoms with Crippen molar-refractivity contribution < 1.29 is 0 Å². The number of halogens is 3. The molecule has 0 amide bonds. The number of benzene rings is 1. The van der Waals surface area contributed by atoms with Crippen molar-refractivity contribution in [2.24, 2.45) is 0 Å². The fourth-order valence-electron chi connectivity index (χ4n) is 1.19. The Morgan fingerprint density at radius 3 is 2.82 bits per heavy atom. The van der Waals surface area contributed by atoms with Gasteiger partial charge < -0.3 is 11.1 Å². The Kier molecular flexibility index (Phi) is 3.90. The highest BCUT2D eigenvalue weighted by atomic mass is 127. The summed E-state index contributed by atoms with van der Waals surface area (Å²) >= 11 is 13.9. The van der Waals surface area contributed by atoms with Gasteiger partial charge in [0.25, 0.3) is 0 Å². The molecule has 4 nitrogen and oxygen atoms in total. The smallest absolute Gasteiger partial charge is 0.224 e. The second kappa shape index (κ2) is 5.24. The van der Waals surface area contributed by atoms with Crippen LogP contribution in [0.15, 0.2) is 24.4 Å². The average Bonchev–Trinajstić information content (AvgIpc) is 2.28. The van der Waals surface area contributed by atoms with Crippen LogP contribution in [0.25, 0.3) is 0 Å². The van der Waals surface area contributed by atoms with Crippen molar-refractivity contribution in [2.75, 3.05) is 11.1 Å². The topological polar surface area (TPSA) is 63.8 Å². The molecule has 0 aliphatic heterocycles. The average molecular weight is 381 g/mol. The molecule has 0 fully saturated rings. The Morgan fingerprint density at radius 2 is 2.06 bits per heavy atom. The summed E-state index contributed by atoms with van der Waals surface area (Å²) in [6.07, 6.45) is 1.44. The number of hydrogen-bond acceptors (Lipinski definition) is 4. The third-order valence-electron chi connectivity index (χ3n) is 1.97. The molecule has 88 valence electrons. The highest BCUT2D eigenvalue weighted by Crippen LogP contribution is 2.28. The van der Waals surface area contributed by atoms with Gasteiger partial charge in [-0.15, -0.1) is 0 Å². The number of nitrogens with one attached hydrogen (secondary N) is 1. The van der Waals surface area contributed by atoms with Gasteiger partial charge in [-0.05, 0) is 52.4 Å². The molecule has 0 radical (unpaired) electrons. The largest absolute Gasteiger partial charge is 0.394 e. The van der Waals surface area contributed by atoms with Gasteiger partial charge in [-0.25, -0.2) is 4.98 Å². The molecule has 17 heavy (non-hydrogen) atoms. The van der Waals surface area contributed by atoms with Crippen molar-refractivity contribution >= 4 is 63.0 Å². The van der Waals surface area contributed by atoms with Crippen LogP contribution in [0.3, 0.4) is 0 Å². The van der Waals surface area contributed by atoms with E-state index in [2.05, 4.69) is 37.9 Å². The summed E-state index contributed by atoms with van der Waals surface area (Å²) in [6, 6.07) is 5.59. The van der Waals surface area contributed by atoms with E-state index >= 15 is 0 Å². The van der Waals surface area contributed by atoms with E-state index in [0.29, 0.717) is 16.5 Å². The normalized spacial score (nSPS) is 10.3. The summed E-state index contributed by atoms with van der Waals surface area (Å²) in [6.45, 7) is 0. The van der Waals surface area contributed by atoms with Crippen molar-refractivity contribution in [3.63, 3.8) is 0 Å². The fourth-order valence-corrected chi connectivity index (χ4v) is 1.98. The second-order valence-corrected chi connectivity index (χ2v) is 5.18. The van der Waals surface area contributed by atoms with Crippen molar-refractivity contribution in [2.45, 2.75) is 0 Å². The van der Waals surface area contributed by atoms with Crippen LogP contribution in [-0.2, 0) is 0 Å². The Morgan fingerprint density at radius 1 is 1.29 bits per heavy atom. The summed E-state index contributed by atoms with van der Waals surface area (Å²) in [5.41, 5.74) is 6.86. The third kappa shape index (κ3) is 3.11. The lowest BCUT2D eigenvalue weighted by molar-refractivity contribution is 1.17. The van der Waals surface area contributed by atoms with Gasteiger partial charge in [0.05, 0.1) is 22.6 Å². The van der Waals surface area contributed by atoms with Crippen molar-refractivity contribution in [3.8, 4) is 0 Å². The van der Waals surface area contributed by atoms with Crippen molar-refractivity contribution in [1.29, 1.82) is 0 Å². The quantitative estimate of drug-likeness (QED) is 0.615. The Hall–Kier alpha value is -0.790. The molecule has 1 heterocycles.